The second kappa shape index (κ2) is 6.77. The van der Waals surface area contributed by atoms with Gasteiger partial charge in [-0.2, -0.15) is 15.0 Å². The highest BCUT2D eigenvalue weighted by molar-refractivity contribution is 7.98. The predicted octanol–water partition coefficient (Wildman–Crippen LogP) is 2.03. The second-order valence-corrected chi connectivity index (χ2v) is 5.74. The minimum atomic E-state index is 0.396. The molecule has 0 radical (unpaired) electrons. The van der Waals surface area contributed by atoms with E-state index in [1.807, 2.05) is 12.1 Å². The normalized spacial score (nSPS) is 15.2. The van der Waals surface area contributed by atoms with Gasteiger partial charge >= 0.3 is 0 Å². The maximum atomic E-state index is 5.46. The zero-order chi connectivity index (χ0) is 14.5. The lowest BCUT2D eigenvalue weighted by Gasteiger charge is -2.26. The van der Waals surface area contributed by atoms with Crippen LogP contribution >= 0.6 is 11.8 Å². The lowest BCUT2D eigenvalue weighted by Crippen LogP contribution is -2.31. The number of hydrogen-bond acceptors (Lipinski definition) is 8. The Kier molecular flexibility index (Phi) is 4.56. The van der Waals surface area contributed by atoms with Crippen LogP contribution in [0.25, 0.3) is 0 Å². The molecule has 3 N–H and O–H groups in total. The van der Waals surface area contributed by atoms with Gasteiger partial charge in [0.25, 0.3) is 0 Å². The van der Waals surface area contributed by atoms with Gasteiger partial charge in [-0.1, -0.05) is 11.8 Å². The van der Waals surface area contributed by atoms with E-state index in [0.29, 0.717) is 22.8 Å². The molecular weight excluding hydrogens is 288 g/mol. The van der Waals surface area contributed by atoms with Gasteiger partial charge in [0.1, 0.15) is 5.76 Å². The van der Waals surface area contributed by atoms with Crippen LogP contribution in [0, 0.1) is 0 Å². The number of furan rings is 1. The fourth-order valence-electron chi connectivity index (χ4n) is 2.24. The van der Waals surface area contributed by atoms with E-state index < -0.39 is 0 Å². The molecule has 3 rings (SSSR count). The smallest absolute Gasteiger partial charge is 0.242 e. The lowest BCUT2D eigenvalue weighted by molar-refractivity contribution is 0.530. The van der Waals surface area contributed by atoms with Gasteiger partial charge in [-0.15, -0.1) is 0 Å². The van der Waals surface area contributed by atoms with Gasteiger partial charge in [0.15, 0.2) is 5.16 Å². The Balaban J connectivity index is 1.75. The summed E-state index contributed by atoms with van der Waals surface area (Å²) >= 11 is 1.51. The van der Waals surface area contributed by atoms with Crippen molar-refractivity contribution in [3.63, 3.8) is 0 Å². The molecular formula is C13H18N6OS. The van der Waals surface area contributed by atoms with Crippen molar-refractivity contribution in [2.24, 2.45) is 5.84 Å². The molecule has 112 valence electrons. The van der Waals surface area contributed by atoms with Gasteiger partial charge in [-0.05, 0) is 31.4 Å². The van der Waals surface area contributed by atoms with Crippen LogP contribution in [-0.4, -0.2) is 28.0 Å². The van der Waals surface area contributed by atoms with Gasteiger partial charge in [0.2, 0.25) is 11.9 Å². The molecule has 0 spiro atoms. The molecule has 21 heavy (non-hydrogen) atoms. The number of anilines is 2. The first-order valence-electron chi connectivity index (χ1n) is 6.98. The molecule has 0 aromatic carbocycles. The van der Waals surface area contributed by atoms with Crippen LogP contribution in [0.2, 0.25) is 0 Å². The highest BCUT2D eigenvalue weighted by Gasteiger charge is 2.16. The fraction of sp³-hybridized carbons (Fsp3) is 0.462. The van der Waals surface area contributed by atoms with Crippen LogP contribution in [-0.2, 0) is 5.75 Å². The molecule has 0 amide bonds. The summed E-state index contributed by atoms with van der Waals surface area (Å²) in [6.07, 6.45) is 5.27. The number of thioether (sulfide) groups is 1. The van der Waals surface area contributed by atoms with Crippen LogP contribution in [0.3, 0.4) is 0 Å². The zero-order valence-electron chi connectivity index (χ0n) is 11.7. The van der Waals surface area contributed by atoms with Crippen molar-refractivity contribution in [3.05, 3.63) is 24.2 Å². The first kappa shape index (κ1) is 14.2. The Morgan fingerprint density at radius 2 is 2.10 bits per heavy atom. The molecule has 0 atom stereocenters. The number of nitrogens with one attached hydrogen (secondary N) is 1. The standard InChI is InChI=1S/C13H18N6OS/c14-18-11-15-12(19-6-2-1-3-7-19)17-13(16-11)21-9-10-5-4-8-20-10/h4-5,8H,1-3,6-7,9,14H2,(H,15,16,17,18). The second-order valence-electron chi connectivity index (χ2n) is 4.80. The molecule has 1 saturated heterocycles. The predicted molar refractivity (Wildman–Crippen MR) is 82.0 cm³/mol. The molecule has 8 heteroatoms. The quantitative estimate of drug-likeness (QED) is 0.492. The molecule has 3 heterocycles. The minimum absolute atomic E-state index is 0.396. The van der Waals surface area contributed by atoms with Gasteiger partial charge < -0.3 is 9.32 Å². The highest BCUT2D eigenvalue weighted by atomic mass is 32.2. The molecule has 0 aliphatic carbocycles. The van der Waals surface area contributed by atoms with E-state index in [9.17, 15) is 0 Å². The first-order chi connectivity index (χ1) is 10.3. The summed E-state index contributed by atoms with van der Waals surface area (Å²) in [7, 11) is 0. The van der Waals surface area contributed by atoms with Gasteiger partial charge in [-0.3, -0.25) is 5.43 Å². The van der Waals surface area contributed by atoms with Crippen molar-refractivity contribution < 1.29 is 4.42 Å². The number of hydrazine groups is 1. The van der Waals surface area contributed by atoms with E-state index in [4.69, 9.17) is 10.3 Å². The van der Waals surface area contributed by atoms with Crippen LogP contribution in [0.15, 0.2) is 28.0 Å². The summed E-state index contributed by atoms with van der Waals surface area (Å²) in [5.41, 5.74) is 2.51. The third kappa shape index (κ3) is 3.64. The van der Waals surface area contributed by atoms with Crippen molar-refractivity contribution in [1.82, 2.24) is 15.0 Å². The summed E-state index contributed by atoms with van der Waals surface area (Å²) in [6.45, 7) is 1.96. The SMILES string of the molecule is NNc1nc(SCc2ccco2)nc(N2CCCCC2)n1. The molecule has 0 saturated carbocycles. The largest absolute Gasteiger partial charge is 0.468 e. The number of aromatic nitrogens is 3. The summed E-state index contributed by atoms with van der Waals surface area (Å²) in [5, 5.41) is 0.648. The van der Waals surface area contributed by atoms with Gasteiger partial charge in [0, 0.05) is 13.1 Å². The molecule has 7 nitrogen and oxygen atoms in total. The van der Waals surface area contributed by atoms with Gasteiger partial charge in [0.05, 0.1) is 12.0 Å². The number of nitrogens with two attached hydrogens (primary N) is 1. The van der Waals surface area contributed by atoms with Crippen LogP contribution < -0.4 is 16.2 Å². The van der Waals surface area contributed by atoms with Crippen molar-refractivity contribution in [1.29, 1.82) is 0 Å². The topological polar surface area (TPSA) is 93.1 Å². The maximum absolute atomic E-state index is 5.46. The molecule has 0 bridgehead atoms. The lowest BCUT2D eigenvalue weighted by atomic mass is 10.1. The average molecular weight is 306 g/mol. The molecule has 2 aromatic heterocycles. The fourth-order valence-corrected chi connectivity index (χ4v) is 2.97. The van der Waals surface area contributed by atoms with Crippen LogP contribution in [0.4, 0.5) is 11.9 Å². The van der Waals surface area contributed by atoms with Gasteiger partial charge in [-0.25, -0.2) is 5.84 Å². The van der Waals surface area contributed by atoms with E-state index >= 15 is 0 Å². The van der Waals surface area contributed by atoms with E-state index in [-0.39, 0.29) is 0 Å². The maximum Gasteiger partial charge on any atom is 0.242 e. The highest BCUT2D eigenvalue weighted by Crippen LogP contribution is 2.23. The Labute approximate surface area is 127 Å². The Bertz CT molecular complexity index is 570. The van der Waals surface area contributed by atoms with E-state index in [1.165, 1.54) is 31.0 Å². The van der Waals surface area contributed by atoms with E-state index in [2.05, 4.69) is 25.3 Å². The van der Waals surface area contributed by atoms with Crippen molar-refractivity contribution in [2.45, 2.75) is 30.2 Å². The number of rotatable bonds is 5. The van der Waals surface area contributed by atoms with E-state index in [1.54, 1.807) is 6.26 Å². The minimum Gasteiger partial charge on any atom is -0.468 e. The first-order valence-corrected chi connectivity index (χ1v) is 7.96. The van der Waals surface area contributed by atoms with Crippen molar-refractivity contribution in [3.8, 4) is 0 Å². The summed E-state index contributed by atoms with van der Waals surface area (Å²) in [5.74, 6) is 8.12. The third-order valence-electron chi connectivity index (χ3n) is 3.29. The number of piperidine rings is 1. The summed E-state index contributed by atoms with van der Waals surface area (Å²) < 4.78 is 5.32. The summed E-state index contributed by atoms with van der Waals surface area (Å²) in [4.78, 5) is 15.4. The zero-order valence-corrected chi connectivity index (χ0v) is 12.5. The molecule has 0 unspecified atom stereocenters. The molecule has 1 aliphatic rings. The Morgan fingerprint density at radius 3 is 2.81 bits per heavy atom. The molecule has 2 aromatic rings. The van der Waals surface area contributed by atoms with Crippen molar-refractivity contribution in [2.75, 3.05) is 23.4 Å². The molecule has 1 aliphatic heterocycles. The van der Waals surface area contributed by atoms with Crippen molar-refractivity contribution >= 4 is 23.7 Å². The number of nitrogen functional groups attached to an aromatic ring is 1. The Hall–Kier alpha value is -1.80. The monoisotopic (exact) mass is 306 g/mol. The van der Waals surface area contributed by atoms with Crippen LogP contribution in [0.1, 0.15) is 25.0 Å². The Morgan fingerprint density at radius 1 is 1.24 bits per heavy atom. The molecule has 1 fully saturated rings. The third-order valence-corrected chi connectivity index (χ3v) is 4.16. The van der Waals surface area contributed by atoms with Crippen LogP contribution in [0.5, 0.6) is 0 Å². The number of hydrogen-bond donors (Lipinski definition) is 2. The average Bonchev–Trinajstić information content (AvgIpc) is 3.07. The number of nitrogens with zero attached hydrogens (tertiary/aromatic N) is 4. The van der Waals surface area contributed by atoms with E-state index in [0.717, 1.165) is 18.8 Å². The summed E-state index contributed by atoms with van der Waals surface area (Å²) in [6, 6.07) is 3.80.